The molecule has 2 nitrogen and oxygen atoms in total. The average molecular weight is 205 g/mol. The molecule has 0 aromatic carbocycles. The highest BCUT2D eigenvalue weighted by molar-refractivity contribution is 6.70. The quantitative estimate of drug-likeness (QED) is 0.630. The molecule has 0 bridgehead atoms. The zero-order valence-electron chi connectivity index (χ0n) is 9.64. The van der Waals surface area contributed by atoms with Crippen LogP contribution in [0.15, 0.2) is 0 Å². The van der Waals surface area contributed by atoms with E-state index in [4.69, 9.17) is 9.16 Å². The van der Waals surface area contributed by atoms with Gasteiger partial charge in [0.1, 0.15) is 5.41 Å². The van der Waals surface area contributed by atoms with Crippen LogP contribution in [0.5, 0.6) is 0 Å². The molecule has 0 aromatic rings. The van der Waals surface area contributed by atoms with Crippen LogP contribution in [0, 0.1) is 0 Å². The van der Waals surface area contributed by atoms with Gasteiger partial charge >= 0.3 is 1.43 Å². The topological polar surface area (TPSA) is 18.5 Å². The van der Waals surface area contributed by atoms with Gasteiger partial charge in [-0.05, 0) is 38.9 Å². The van der Waals surface area contributed by atoms with Crippen molar-refractivity contribution in [3.8, 4) is 0 Å². The molecule has 1 aliphatic heterocycles. The Labute approximate surface area is 80.7 Å². The van der Waals surface area contributed by atoms with Gasteiger partial charge in [0, 0.05) is 6.61 Å². The van der Waals surface area contributed by atoms with Crippen LogP contribution in [0.1, 0.15) is 20.7 Å². The summed E-state index contributed by atoms with van der Waals surface area (Å²) in [5.41, 5.74) is -0.136. The predicted octanol–water partition coefficient (Wildman–Crippen LogP) is 1.17. The van der Waals surface area contributed by atoms with E-state index in [0.717, 1.165) is 23.3 Å². The van der Waals surface area contributed by atoms with Crippen molar-refractivity contribution in [3.63, 3.8) is 0 Å². The van der Waals surface area contributed by atoms with Gasteiger partial charge < -0.3 is 9.16 Å². The molecule has 1 fully saturated rings. The lowest BCUT2D eigenvalue weighted by Gasteiger charge is -2.39. The maximum absolute atomic E-state index is 6.04. The zero-order chi connectivity index (χ0) is 9.24. The number of ether oxygens (including phenoxy) is 1. The molecule has 0 spiro atoms. The van der Waals surface area contributed by atoms with E-state index in [-0.39, 0.29) is 6.84 Å². The Morgan fingerprint density at radius 1 is 1.42 bits per heavy atom. The van der Waals surface area contributed by atoms with Gasteiger partial charge in [0.25, 0.3) is 0 Å². The minimum Gasteiger partial charge on any atom is -0.395 e. The lowest BCUT2D eigenvalue weighted by molar-refractivity contribution is -0.148. The number of rotatable bonds is 2. The Morgan fingerprint density at radius 3 is 2.50 bits per heavy atom. The second-order valence-corrected chi connectivity index (χ2v) is 10.6. The summed E-state index contributed by atoms with van der Waals surface area (Å²) in [6.07, 6.45) is 3.59. The van der Waals surface area contributed by atoms with Gasteiger partial charge in [-0.25, -0.2) is 0 Å². The first-order valence-corrected chi connectivity index (χ1v) is 9.16. The third kappa shape index (κ3) is 3.39. The molecule has 12 heavy (non-hydrogen) atoms. The summed E-state index contributed by atoms with van der Waals surface area (Å²) < 4.78 is 11.8. The van der Waals surface area contributed by atoms with Gasteiger partial charge in [-0.15, -0.1) is 0 Å². The molecule has 0 N–H and O–H groups in total. The van der Waals surface area contributed by atoms with Crippen molar-refractivity contribution >= 4 is 18.6 Å². The highest BCUT2D eigenvalue weighted by atomic mass is 28.4. The van der Waals surface area contributed by atoms with Crippen LogP contribution in [0.3, 0.4) is 0 Å². The van der Waals surface area contributed by atoms with Crippen LogP contribution in [0.2, 0.25) is 19.6 Å². The smallest absolute Gasteiger partial charge is 0.395 e. The van der Waals surface area contributed by atoms with E-state index in [1.165, 1.54) is 12.8 Å². The standard InChI is InChI=1S/C8H20O2Si2/c1-12(2,3)10-8(11)6-4-5-7-9-8/h4-7H2,1-3,11H3/p+1. The van der Waals surface area contributed by atoms with Crippen LogP contribution in [0.4, 0.5) is 0 Å². The molecular weight excluding hydrogens is 184 g/mol. The molecule has 1 aliphatic rings. The Balaban J connectivity index is 0.00000144. The molecule has 0 radical (unpaired) electrons. The average Bonchev–Trinajstić information content (AvgIpc) is 1.83. The second kappa shape index (κ2) is 3.61. The molecule has 0 aliphatic carbocycles. The first-order chi connectivity index (χ1) is 5.41. The molecule has 1 atom stereocenters. The summed E-state index contributed by atoms with van der Waals surface area (Å²) >= 11 is 0. The van der Waals surface area contributed by atoms with Crippen LogP contribution in [0.25, 0.3) is 0 Å². The predicted molar refractivity (Wildman–Crippen MR) is 58.0 cm³/mol. The van der Waals surface area contributed by atoms with Crippen molar-refractivity contribution in [2.24, 2.45) is 0 Å². The molecule has 0 aromatic heterocycles. The van der Waals surface area contributed by atoms with Gasteiger partial charge in [-0.2, -0.15) is 0 Å². The van der Waals surface area contributed by atoms with Gasteiger partial charge in [0.2, 0.25) is 0 Å². The highest BCUT2D eigenvalue weighted by Crippen LogP contribution is 2.26. The van der Waals surface area contributed by atoms with E-state index in [1.54, 1.807) is 0 Å². The second-order valence-electron chi connectivity index (χ2n) is 4.65. The molecular formula is C8H21O2Si2+. The van der Waals surface area contributed by atoms with E-state index in [2.05, 4.69) is 19.6 Å². The Hall–Kier alpha value is 0.354. The molecule has 1 saturated heterocycles. The summed E-state index contributed by atoms with van der Waals surface area (Å²) in [7, 11) is -0.406. The Kier molecular flexibility index (Phi) is 3.14. The largest absolute Gasteiger partial charge is 1.00 e. The lowest BCUT2D eigenvalue weighted by atomic mass is 10.2. The van der Waals surface area contributed by atoms with Gasteiger partial charge in [0.05, 0.1) is 10.2 Å². The first-order valence-electron chi connectivity index (χ1n) is 4.75. The van der Waals surface area contributed by atoms with E-state index in [1.807, 2.05) is 0 Å². The van der Waals surface area contributed by atoms with Gasteiger partial charge in [0.15, 0.2) is 8.32 Å². The minimum atomic E-state index is -1.41. The summed E-state index contributed by atoms with van der Waals surface area (Å²) in [6, 6.07) is 0. The van der Waals surface area contributed by atoms with E-state index in [9.17, 15) is 0 Å². The van der Waals surface area contributed by atoms with Crippen molar-refractivity contribution in [1.82, 2.24) is 0 Å². The zero-order valence-corrected chi connectivity index (χ0v) is 11.6. The molecule has 0 saturated carbocycles. The van der Waals surface area contributed by atoms with Crippen LogP contribution in [-0.2, 0) is 9.16 Å². The van der Waals surface area contributed by atoms with E-state index in [0.29, 0.717) is 0 Å². The molecule has 4 heteroatoms. The normalized spacial score (nSPS) is 32.2. The van der Waals surface area contributed by atoms with E-state index >= 15 is 0 Å². The Bertz CT molecular complexity index is 153. The number of hydrogen-bond donors (Lipinski definition) is 0. The summed E-state index contributed by atoms with van der Waals surface area (Å²) in [6.45, 7) is 7.58. The SMILES string of the molecule is C[Si](C)(C)OC1([SiH3])CCCCO1.[H+]. The van der Waals surface area contributed by atoms with Crippen LogP contribution < -0.4 is 0 Å². The fraction of sp³-hybridized carbons (Fsp3) is 1.00. The fourth-order valence-electron chi connectivity index (χ4n) is 1.64. The van der Waals surface area contributed by atoms with E-state index < -0.39 is 8.32 Å². The van der Waals surface area contributed by atoms with Crippen molar-refractivity contribution in [2.75, 3.05) is 6.61 Å². The van der Waals surface area contributed by atoms with Crippen LogP contribution in [-0.4, -0.2) is 30.6 Å². The third-order valence-electron chi connectivity index (χ3n) is 1.95. The van der Waals surface area contributed by atoms with Crippen molar-refractivity contribution in [1.29, 1.82) is 0 Å². The molecule has 72 valence electrons. The molecule has 1 heterocycles. The lowest BCUT2D eigenvalue weighted by Crippen LogP contribution is -2.47. The monoisotopic (exact) mass is 205 g/mol. The minimum absolute atomic E-state index is 0. The van der Waals surface area contributed by atoms with Crippen molar-refractivity contribution in [2.45, 2.75) is 44.3 Å². The molecule has 1 rings (SSSR count). The maximum atomic E-state index is 6.04. The van der Waals surface area contributed by atoms with Crippen molar-refractivity contribution < 1.29 is 10.6 Å². The fourth-order valence-corrected chi connectivity index (χ4v) is 5.49. The first kappa shape index (κ1) is 10.4. The molecule has 1 unspecified atom stereocenters. The summed E-state index contributed by atoms with van der Waals surface area (Å²) in [4.78, 5) is 0. The van der Waals surface area contributed by atoms with Gasteiger partial charge in [-0.3, -0.25) is 0 Å². The molecule has 0 amide bonds. The third-order valence-corrected chi connectivity index (χ3v) is 4.40. The van der Waals surface area contributed by atoms with Gasteiger partial charge in [-0.1, -0.05) is 0 Å². The van der Waals surface area contributed by atoms with Crippen molar-refractivity contribution in [3.05, 3.63) is 0 Å². The number of hydrogen-bond acceptors (Lipinski definition) is 2. The summed E-state index contributed by atoms with van der Waals surface area (Å²) in [5.74, 6) is 0. The van der Waals surface area contributed by atoms with Crippen LogP contribution >= 0.6 is 0 Å². The Morgan fingerprint density at radius 2 is 2.08 bits per heavy atom. The maximum Gasteiger partial charge on any atom is 1.00 e. The summed E-state index contributed by atoms with van der Waals surface area (Å²) in [5, 5.41) is 0. The highest BCUT2D eigenvalue weighted by Gasteiger charge is 2.33.